The van der Waals surface area contributed by atoms with Gasteiger partial charge in [0.15, 0.2) is 11.6 Å². The molecule has 0 saturated carbocycles. The van der Waals surface area contributed by atoms with Crippen LogP contribution in [0.25, 0.3) is 0 Å². The minimum absolute atomic E-state index is 0.00561. The third kappa shape index (κ3) is 3.26. The molecule has 1 amide bonds. The molecule has 1 aromatic rings. The number of amides is 1. The molecule has 5 nitrogen and oxygen atoms in total. The molecule has 0 atom stereocenters. The van der Waals surface area contributed by atoms with Gasteiger partial charge in [0.1, 0.15) is 12.3 Å². The molecule has 0 fully saturated rings. The highest BCUT2D eigenvalue weighted by Crippen LogP contribution is 2.21. The summed E-state index contributed by atoms with van der Waals surface area (Å²) in [5, 5.41) is 2.43. The van der Waals surface area contributed by atoms with Crippen LogP contribution in [0.3, 0.4) is 0 Å². The van der Waals surface area contributed by atoms with Gasteiger partial charge in [0.25, 0.3) is 0 Å². The topological polar surface area (TPSA) is 90.4 Å². The maximum Gasteiger partial charge on any atom is 0.404 e. The van der Waals surface area contributed by atoms with Crippen molar-refractivity contribution in [1.82, 2.24) is 0 Å². The third-order valence-electron chi connectivity index (χ3n) is 1.71. The standard InChI is InChI=1S/C9H11F2N3O2/c10-6-3-5(12)4-7(11)8(6)14-1-2-16-9(13)15/h3-4,14H,1-2,12H2,(H2,13,15). The summed E-state index contributed by atoms with van der Waals surface area (Å²) in [6.45, 7) is -0.0424. The summed E-state index contributed by atoms with van der Waals surface area (Å²) >= 11 is 0. The molecule has 0 aromatic heterocycles. The van der Waals surface area contributed by atoms with Crippen molar-refractivity contribution in [1.29, 1.82) is 0 Å². The second-order valence-electron chi connectivity index (χ2n) is 2.95. The lowest BCUT2D eigenvalue weighted by Crippen LogP contribution is -2.19. The molecule has 7 heteroatoms. The fraction of sp³-hybridized carbons (Fsp3) is 0.222. The Balaban J connectivity index is 2.57. The molecule has 0 aliphatic rings. The van der Waals surface area contributed by atoms with Crippen LogP contribution in [0.4, 0.5) is 25.0 Å². The van der Waals surface area contributed by atoms with Crippen molar-refractivity contribution >= 4 is 17.5 Å². The summed E-state index contributed by atoms with van der Waals surface area (Å²) in [6.07, 6.45) is -0.944. The summed E-state index contributed by atoms with van der Waals surface area (Å²) in [5.41, 5.74) is 9.60. The fourth-order valence-electron chi connectivity index (χ4n) is 1.09. The number of ether oxygens (including phenoxy) is 1. The number of anilines is 2. The lowest BCUT2D eigenvalue weighted by Gasteiger charge is -2.09. The van der Waals surface area contributed by atoms with Crippen molar-refractivity contribution in [3.05, 3.63) is 23.8 Å². The molecule has 0 bridgehead atoms. The highest BCUT2D eigenvalue weighted by atomic mass is 19.1. The van der Waals surface area contributed by atoms with E-state index in [1.807, 2.05) is 0 Å². The molecule has 0 heterocycles. The van der Waals surface area contributed by atoms with Crippen LogP contribution < -0.4 is 16.8 Å². The molecule has 16 heavy (non-hydrogen) atoms. The summed E-state index contributed by atoms with van der Waals surface area (Å²) < 4.78 is 30.7. The fourth-order valence-corrected chi connectivity index (χ4v) is 1.09. The molecule has 1 aromatic carbocycles. The van der Waals surface area contributed by atoms with Crippen LogP contribution >= 0.6 is 0 Å². The van der Waals surface area contributed by atoms with E-state index in [1.54, 1.807) is 0 Å². The Morgan fingerprint density at radius 2 is 1.94 bits per heavy atom. The van der Waals surface area contributed by atoms with Crippen molar-refractivity contribution in [2.75, 3.05) is 24.2 Å². The number of carbonyl (C=O) groups excluding carboxylic acids is 1. The van der Waals surface area contributed by atoms with E-state index in [1.165, 1.54) is 0 Å². The van der Waals surface area contributed by atoms with Crippen LogP contribution in [0.5, 0.6) is 0 Å². The summed E-state index contributed by atoms with van der Waals surface area (Å²) in [4.78, 5) is 10.2. The normalized spacial score (nSPS) is 9.88. The molecule has 1 rings (SSSR count). The number of rotatable bonds is 4. The van der Waals surface area contributed by atoms with Crippen molar-refractivity contribution in [2.45, 2.75) is 0 Å². The van der Waals surface area contributed by atoms with E-state index in [2.05, 4.69) is 10.1 Å². The van der Waals surface area contributed by atoms with E-state index < -0.39 is 17.7 Å². The van der Waals surface area contributed by atoms with Gasteiger partial charge in [-0.05, 0) is 12.1 Å². The zero-order chi connectivity index (χ0) is 12.1. The van der Waals surface area contributed by atoms with Gasteiger partial charge in [-0.15, -0.1) is 0 Å². The number of hydrogen-bond acceptors (Lipinski definition) is 4. The van der Waals surface area contributed by atoms with Gasteiger partial charge in [-0.2, -0.15) is 0 Å². The molecular weight excluding hydrogens is 220 g/mol. The molecule has 88 valence electrons. The Hall–Kier alpha value is -2.05. The van der Waals surface area contributed by atoms with Crippen molar-refractivity contribution < 1.29 is 18.3 Å². The zero-order valence-electron chi connectivity index (χ0n) is 8.30. The second kappa shape index (κ2) is 5.15. The van der Waals surface area contributed by atoms with Crippen molar-refractivity contribution in [3.63, 3.8) is 0 Å². The molecule has 0 aliphatic heterocycles. The summed E-state index contributed by atoms with van der Waals surface area (Å²) in [7, 11) is 0. The van der Waals surface area contributed by atoms with Gasteiger partial charge < -0.3 is 21.5 Å². The van der Waals surface area contributed by atoms with E-state index in [9.17, 15) is 13.6 Å². The minimum Gasteiger partial charge on any atom is -0.448 e. The minimum atomic E-state index is -0.944. The molecule has 0 saturated heterocycles. The van der Waals surface area contributed by atoms with E-state index in [-0.39, 0.29) is 24.5 Å². The number of nitrogens with one attached hydrogen (secondary N) is 1. The van der Waals surface area contributed by atoms with Crippen LogP contribution in [-0.2, 0) is 4.74 Å². The lowest BCUT2D eigenvalue weighted by atomic mass is 10.2. The maximum atomic E-state index is 13.2. The molecular formula is C9H11F2N3O2. The van der Waals surface area contributed by atoms with E-state index in [0.717, 1.165) is 12.1 Å². The Morgan fingerprint density at radius 1 is 1.38 bits per heavy atom. The lowest BCUT2D eigenvalue weighted by molar-refractivity contribution is 0.161. The SMILES string of the molecule is NC(=O)OCCNc1c(F)cc(N)cc1F. The molecule has 0 aliphatic carbocycles. The van der Waals surface area contributed by atoms with Gasteiger partial charge in [-0.25, -0.2) is 13.6 Å². The van der Waals surface area contributed by atoms with Gasteiger partial charge in [-0.1, -0.05) is 0 Å². The Kier molecular flexibility index (Phi) is 3.87. The number of halogens is 2. The van der Waals surface area contributed by atoms with Gasteiger partial charge in [0.2, 0.25) is 0 Å². The highest BCUT2D eigenvalue weighted by molar-refractivity contribution is 5.64. The maximum absolute atomic E-state index is 13.2. The number of nitrogen functional groups attached to an aromatic ring is 1. The predicted octanol–water partition coefficient (Wildman–Crippen LogP) is 1.05. The smallest absolute Gasteiger partial charge is 0.404 e. The summed E-state index contributed by atoms with van der Waals surface area (Å²) in [5.74, 6) is -1.62. The molecule has 0 unspecified atom stereocenters. The summed E-state index contributed by atoms with van der Waals surface area (Å²) in [6, 6.07) is 1.97. The first-order valence-corrected chi connectivity index (χ1v) is 4.41. The number of nitrogens with two attached hydrogens (primary N) is 2. The van der Waals surface area contributed by atoms with Gasteiger partial charge in [-0.3, -0.25) is 0 Å². The van der Waals surface area contributed by atoms with E-state index in [0.29, 0.717) is 0 Å². The monoisotopic (exact) mass is 231 g/mol. The van der Waals surface area contributed by atoms with Gasteiger partial charge in [0, 0.05) is 12.2 Å². The predicted molar refractivity (Wildman–Crippen MR) is 54.8 cm³/mol. The first-order chi connectivity index (χ1) is 7.50. The zero-order valence-corrected chi connectivity index (χ0v) is 8.30. The van der Waals surface area contributed by atoms with Crippen molar-refractivity contribution in [3.8, 4) is 0 Å². The quantitative estimate of drug-likeness (QED) is 0.533. The Morgan fingerprint density at radius 3 is 2.44 bits per heavy atom. The second-order valence-corrected chi connectivity index (χ2v) is 2.95. The molecule has 0 radical (unpaired) electrons. The molecule has 0 spiro atoms. The number of hydrogen-bond donors (Lipinski definition) is 3. The average molecular weight is 231 g/mol. The van der Waals surface area contributed by atoms with E-state index in [4.69, 9.17) is 11.5 Å². The largest absolute Gasteiger partial charge is 0.448 e. The van der Waals surface area contributed by atoms with Crippen LogP contribution in [0, 0.1) is 11.6 Å². The Labute approximate surface area is 90.4 Å². The Bertz CT molecular complexity index is 375. The average Bonchev–Trinajstić information content (AvgIpc) is 2.14. The van der Waals surface area contributed by atoms with Crippen LogP contribution in [-0.4, -0.2) is 19.2 Å². The van der Waals surface area contributed by atoms with Crippen molar-refractivity contribution in [2.24, 2.45) is 5.73 Å². The number of carbonyl (C=O) groups is 1. The first-order valence-electron chi connectivity index (χ1n) is 4.41. The van der Waals surface area contributed by atoms with Crippen LogP contribution in [0.15, 0.2) is 12.1 Å². The molecule has 5 N–H and O–H groups in total. The van der Waals surface area contributed by atoms with Crippen LogP contribution in [0.1, 0.15) is 0 Å². The highest BCUT2D eigenvalue weighted by Gasteiger charge is 2.09. The number of primary amides is 1. The van der Waals surface area contributed by atoms with E-state index >= 15 is 0 Å². The van der Waals surface area contributed by atoms with Gasteiger partial charge in [0.05, 0.1) is 0 Å². The van der Waals surface area contributed by atoms with Crippen LogP contribution in [0.2, 0.25) is 0 Å². The van der Waals surface area contributed by atoms with Gasteiger partial charge >= 0.3 is 6.09 Å². The third-order valence-corrected chi connectivity index (χ3v) is 1.71. The first kappa shape index (κ1) is 12.0. The number of benzene rings is 1.